The molecule has 1 aliphatic carbocycles. The first-order chi connectivity index (χ1) is 9.24. The Labute approximate surface area is 114 Å². The maximum Gasteiger partial charge on any atom is 0.101 e. The summed E-state index contributed by atoms with van der Waals surface area (Å²) in [5.74, 6) is 0.923. The summed E-state index contributed by atoms with van der Waals surface area (Å²) in [6.45, 7) is 1.12. The Kier molecular flexibility index (Phi) is 4.64. The van der Waals surface area contributed by atoms with E-state index in [1.54, 1.807) is 12.1 Å². The average Bonchev–Trinajstić information content (AvgIpc) is 2.46. The molecule has 0 aliphatic heterocycles. The fourth-order valence-electron chi connectivity index (χ4n) is 2.81. The van der Waals surface area contributed by atoms with Gasteiger partial charge in [0.1, 0.15) is 6.07 Å². The average molecular weight is 259 g/mol. The molecule has 1 aromatic carbocycles. The van der Waals surface area contributed by atoms with Gasteiger partial charge in [-0.25, -0.2) is 0 Å². The maximum atomic E-state index is 9.39. The van der Waals surface area contributed by atoms with E-state index in [1.807, 2.05) is 6.07 Å². The highest BCUT2D eigenvalue weighted by Gasteiger charge is 2.24. The molecule has 2 rings (SSSR count). The minimum absolute atomic E-state index is 0.275. The number of anilines is 2. The van der Waals surface area contributed by atoms with Gasteiger partial charge >= 0.3 is 0 Å². The van der Waals surface area contributed by atoms with Crippen LogP contribution in [0.1, 0.15) is 31.2 Å². The second kappa shape index (κ2) is 6.44. The fourth-order valence-corrected chi connectivity index (χ4v) is 2.81. The number of nitrogens with one attached hydrogen (secondary N) is 1. The van der Waals surface area contributed by atoms with Crippen molar-refractivity contribution in [1.82, 2.24) is 0 Å². The van der Waals surface area contributed by atoms with E-state index in [0.717, 1.165) is 25.1 Å². The molecule has 0 amide bonds. The van der Waals surface area contributed by atoms with Crippen LogP contribution in [0.15, 0.2) is 18.2 Å². The fraction of sp³-hybridized carbons (Fsp3) is 0.533. The predicted octanol–water partition coefficient (Wildman–Crippen LogP) is 2.35. The van der Waals surface area contributed by atoms with Crippen LogP contribution in [0.4, 0.5) is 11.4 Å². The van der Waals surface area contributed by atoms with Gasteiger partial charge in [0.05, 0.1) is 5.56 Å². The smallest absolute Gasteiger partial charge is 0.101 e. The van der Waals surface area contributed by atoms with Crippen LogP contribution in [-0.4, -0.2) is 18.3 Å². The Morgan fingerprint density at radius 1 is 1.32 bits per heavy atom. The van der Waals surface area contributed by atoms with E-state index in [0.29, 0.717) is 23.1 Å². The zero-order valence-corrected chi connectivity index (χ0v) is 11.1. The van der Waals surface area contributed by atoms with Gasteiger partial charge in [-0.1, -0.05) is 12.8 Å². The minimum atomic E-state index is 0.275. The molecule has 4 N–H and O–H groups in total. The minimum Gasteiger partial charge on any atom is -0.398 e. The Morgan fingerprint density at radius 3 is 2.74 bits per heavy atom. The van der Waals surface area contributed by atoms with Crippen LogP contribution in [0.2, 0.25) is 0 Å². The van der Waals surface area contributed by atoms with Gasteiger partial charge in [0, 0.05) is 24.5 Å². The standard InChI is InChI=1S/C15H21N3O/c16-8-13-7-14(5-6-15(13)17)18-9-11-3-1-2-4-12(11)10-19/h5-7,11-12,18-19H,1-4,9-10,17H2. The van der Waals surface area contributed by atoms with Gasteiger partial charge < -0.3 is 16.2 Å². The lowest BCUT2D eigenvalue weighted by Crippen LogP contribution is -2.28. The second-order valence-corrected chi connectivity index (χ2v) is 5.28. The topological polar surface area (TPSA) is 82.1 Å². The first-order valence-electron chi connectivity index (χ1n) is 6.89. The Bertz CT molecular complexity index is 467. The van der Waals surface area contributed by atoms with Crippen LogP contribution in [0.3, 0.4) is 0 Å². The van der Waals surface area contributed by atoms with Gasteiger partial charge in [-0.2, -0.15) is 5.26 Å². The van der Waals surface area contributed by atoms with Crippen LogP contribution in [0.5, 0.6) is 0 Å². The van der Waals surface area contributed by atoms with Gasteiger partial charge in [-0.05, 0) is 42.9 Å². The summed E-state index contributed by atoms with van der Waals surface area (Å²) in [5.41, 5.74) is 7.64. The monoisotopic (exact) mass is 259 g/mol. The number of hydrogen-bond acceptors (Lipinski definition) is 4. The molecule has 2 atom stereocenters. The summed E-state index contributed by atoms with van der Waals surface area (Å²) in [6, 6.07) is 7.52. The Balaban J connectivity index is 1.96. The third-order valence-electron chi connectivity index (χ3n) is 4.04. The van der Waals surface area contributed by atoms with Crippen LogP contribution >= 0.6 is 0 Å². The van der Waals surface area contributed by atoms with Crippen molar-refractivity contribution in [3.63, 3.8) is 0 Å². The SMILES string of the molecule is N#Cc1cc(NCC2CCCCC2CO)ccc1N. The lowest BCUT2D eigenvalue weighted by Gasteiger charge is -2.30. The van der Waals surface area contributed by atoms with Crippen LogP contribution in [0, 0.1) is 23.2 Å². The van der Waals surface area contributed by atoms with Gasteiger partial charge in [0.25, 0.3) is 0 Å². The maximum absolute atomic E-state index is 9.39. The van der Waals surface area contributed by atoms with Crippen LogP contribution < -0.4 is 11.1 Å². The van der Waals surface area contributed by atoms with E-state index < -0.39 is 0 Å². The normalized spacial score (nSPS) is 22.7. The van der Waals surface area contributed by atoms with Gasteiger partial charge in [-0.15, -0.1) is 0 Å². The number of nitrogen functional groups attached to an aromatic ring is 1. The molecule has 0 bridgehead atoms. The molecule has 4 nitrogen and oxygen atoms in total. The summed E-state index contributed by atoms with van der Waals surface area (Å²) in [6.07, 6.45) is 4.75. The number of nitrogens with two attached hydrogens (primary N) is 1. The van der Waals surface area contributed by atoms with Crippen molar-refractivity contribution in [2.75, 3.05) is 24.2 Å². The molecule has 1 fully saturated rings. The molecule has 1 saturated carbocycles. The largest absolute Gasteiger partial charge is 0.398 e. The molecule has 0 heterocycles. The molecular weight excluding hydrogens is 238 g/mol. The number of aliphatic hydroxyl groups excluding tert-OH is 1. The number of benzene rings is 1. The molecule has 4 heteroatoms. The predicted molar refractivity (Wildman–Crippen MR) is 76.6 cm³/mol. The van der Waals surface area contributed by atoms with Crippen molar-refractivity contribution in [3.05, 3.63) is 23.8 Å². The third-order valence-corrected chi connectivity index (χ3v) is 4.04. The molecule has 0 aromatic heterocycles. The summed E-state index contributed by atoms with van der Waals surface area (Å²) < 4.78 is 0. The van der Waals surface area contributed by atoms with E-state index in [4.69, 9.17) is 11.0 Å². The lowest BCUT2D eigenvalue weighted by atomic mass is 9.79. The summed E-state index contributed by atoms with van der Waals surface area (Å²) in [7, 11) is 0. The van der Waals surface area contributed by atoms with Gasteiger partial charge in [0.15, 0.2) is 0 Å². The Morgan fingerprint density at radius 2 is 2.05 bits per heavy atom. The van der Waals surface area contributed by atoms with Crippen LogP contribution in [-0.2, 0) is 0 Å². The zero-order valence-electron chi connectivity index (χ0n) is 11.1. The molecular formula is C15H21N3O. The number of aliphatic hydroxyl groups is 1. The summed E-state index contributed by atoms with van der Waals surface area (Å²) in [5, 5.41) is 21.7. The summed E-state index contributed by atoms with van der Waals surface area (Å²) in [4.78, 5) is 0. The quantitative estimate of drug-likeness (QED) is 0.725. The van der Waals surface area contributed by atoms with E-state index in [1.165, 1.54) is 12.8 Å². The highest BCUT2D eigenvalue weighted by atomic mass is 16.3. The zero-order chi connectivity index (χ0) is 13.7. The van der Waals surface area contributed by atoms with Crippen molar-refractivity contribution in [2.24, 2.45) is 11.8 Å². The molecule has 1 aliphatic rings. The molecule has 1 aromatic rings. The molecule has 2 unspecified atom stereocenters. The molecule has 19 heavy (non-hydrogen) atoms. The van der Waals surface area contributed by atoms with Crippen molar-refractivity contribution >= 4 is 11.4 Å². The van der Waals surface area contributed by atoms with E-state index in [-0.39, 0.29) is 6.61 Å². The number of rotatable bonds is 4. The lowest BCUT2D eigenvalue weighted by molar-refractivity contribution is 0.141. The van der Waals surface area contributed by atoms with Crippen LogP contribution in [0.25, 0.3) is 0 Å². The van der Waals surface area contributed by atoms with Crippen molar-refractivity contribution in [1.29, 1.82) is 5.26 Å². The first-order valence-corrected chi connectivity index (χ1v) is 6.89. The van der Waals surface area contributed by atoms with Gasteiger partial charge in [-0.3, -0.25) is 0 Å². The highest BCUT2D eigenvalue weighted by Crippen LogP contribution is 2.30. The summed E-state index contributed by atoms with van der Waals surface area (Å²) >= 11 is 0. The van der Waals surface area contributed by atoms with Crippen molar-refractivity contribution in [2.45, 2.75) is 25.7 Å². The molecule has 0 radical (unpaired) electrons. The number of nitrogens with zero attached hydrogens (tertiary/aromatic N) is 1. The molecule has 0 spiro atoms. The molecule has 102 valence electrons. The number of nitriles is 1. The van der Waals surface area contributed by atoms with Crippen molar-refractivity contribution < 1.29 is 5.11 Å². The van der Waals surface area contributed by atoms with E-state index in [9.17, 15) is 5.11 Å². The van der Waals surface area contributed by atoms with Gasteiger partial charge in [0.2, 0.25) is 0 Å². The van der Waals surface area contributed by atoms with E-state index in [2.05, 4.69) is 11.4 Å². The molecule has 0 saturated heterocycles. The second-order valence-electron chi connectivity index (χ2n) is 5.28. The highest BCUT2D eigenvalue weighted by molar-refractivity contribution is 5.61. The number of hydrogen-bond donors (Lipinski definition) is 3. The Hall–Kier alpha value is -1.73. The first kappa shape index (κ1) is 13.7. The third kappa shape index (κ3) is 3.39. The van der Waals surface area contributed by atoms with E-state index >= 15 is 0 Å². The van der Waals surface area contributed by atoms with Crippen molar-refractivity contribution in [3.8, 4) is 6.07 Å².